The first-order valence-electron chi connectivity index (χ1n) is 5.79. The van der Waals surface area contributed by atoms with Crippen LogP contribution >= 0.6 is 27.7 Å². The number of carbonyl (C=O) groups is 1. The molecule has 0 amide bonds. The first-order chi connectivity index (χ1) is 9.79. The summed E-state index contributed by atoms with van der Waals surface area (Å²) < 4.78 is 24.3. The topological polar surface area (TPSA) is 71.4 Å². The highest BCUT2D eigenvalue weighted by molar-refractivity contribution is 9.10. The molecule has 0 saturated carbocycles. The van der Waals surface area contributed by atoms with E-state index in [2.05, 4.69) is 15.9 Å². The van der Waals surface area contributed by atoms with Gasteiger partial charge in [0.15, 0.2) is 9.84 Å². The molecule has 21 heavy (non-hydrogen) atoms. The lowest BCUT2D eigenvalue weighted by Crippen LogP contribution is -2.01. The van der Waals surface area contributed by atoms with Crippen molar-refractivity contribution in [3.8, 4) is 0 Å². The first-order valence-corrected chi connectivity index (χ1v) is 9.29. The SMILES string of the molecule is CS(=O)(=O)c1ccccc1Sc1cc(Br)ccc1C(=O)O. The van der Waals surface area contributed by atoms with Gasteiger partial charge in [0.2, 0.25) is 0 Å². The summed E-state index contributed by atoms with van der Waals surface area (Å²) in [4.78, 5) is 12.4. The van der Waals surface area contributed by atoms with E-state index < -0.39 is 15.8 Å². The number of sulfone groups is 1. The Balaban J connectivity index is 2.54. The molecule has 0 aliphatic carbocycles. The van der Waals surface area contributed by atoms with E-state index in [1.165, 1.54) is 12.1 Å². The van der Waals surface area contributed by atoms with Crippen molar-refractivity contribution >= 4 is 43.5 Å². The van der Waals surface area contributed by atoms with Crippen molar-refractivity contribution in [2.24, 2.45) is 0 Å². The van der Waals surface area contributed by atoms with Crippen LogP contribution in [0.4, 0.5) is 0 Å². The lowest BCUT2D eigenvalue weighted by atomic mass is 10.2. The zero-order valence-electron chi connectivity index (χ0n) is 10.9. The Bertz CT molecular complexity index is 800. The second kappa shape index (κ2) is 6.21. The van der Waals surface area contributed by atoms with Crippen LogP contribution in [0.25, 0.3) is 0 Å². The van der Waals surface area contributed by atoms with Crippen molar-refractivity contribution in [2.75, 3.05) is 6.26 Å². The lowest BCUT2D eigenvalue weighted by Gasteiger charge is -2.10. The van der Waals surface area contributed by atoms with Gasteiger partial charge in [0.25, 0.3) is 0 Å². The fraction of sp³-hybridized carbons (Fsp3) is 0.0714. The van der Waals surface area contributed by atoms with Crippen LogP contribution in [0.3, 0.4) is 0 Å². The summed E-state index contributed by atoms with van der Waals surface area (Å²) in [5.74, 6) is -1.05. The predicted octanol–water partition coefficient (Wildman–Crippen LogP) is 3.70. The van der Waals surface area contributed by atoms with Gasteiger partial charge in [-0.15, -0.1) is 0 Å². The van der Waals surface area contributed by atoms with Gasteiger partial charge in [-0.2, -0.15) is 0 Å². The highest BCUT2D eigenvalue weighted by atomic mass is 79.9. The largest absolute Gasteiger partial charge is 0.478 e. The van der Waals surface area contributed by atoms with Gasteiger partial charge in [-0.1, -0.05) is 39.8 Å². The Morgan fingerprint density at radius 3 is 2.43 bits per heavy atom. The number of hydrogen-bond acceptors (Lipinski definition) is 4. The van der Waals surface area contributed by atoms with Gasteiger partial charge in [0.05, 0.1) is 10.5 Å². The number of carboxylic acid groups (broad SMARTS) is 1. The molecule has 0 atom stereocenters. The number of hydrogen-bond donors (Lipinski definition) is 1. The van der Waals surface area contributed by atoms with E-state index >= 15 is 0 Å². The maximum absolute atomic E-state index is 11.8. The van der Waals surface area contributed by atoms with Crippen molar-refractivity contribution in [3.63, 3.8) is 0 Å². The van der Waals surface area contributed by atoms with Crippen molar-refractivity contribution < 1.29 is 18.3 Å². The molecule has 2 aromatic rings. The predicted molar refractivity (Wildman–Crippen MR) is 84.8 cm³/mol. The molecule has 2 rings (SSSR count). The summed E-state index contributed by atoms with van der Waals surface area (Å²) in [6.45, 7) is 0. The molecule has 0 aliphatic rings. The zero-order chi connectivity index (χ0) is 15.6. The van der Waals surface area contributed by atoms with Crippen LogP contribution < -0.4 is 0 Å². The van der Waals surface area contributed by atoms with Crippen LogP contribution in [-0.2, 0) is 9.84 Å². The van der Waals surface area contributed by atoms with Crippen LogP contribution in [0.5, 0.6) is 0 Å². The average molecular weight is 387 g/mol. The number of carboxylic acids is 1. The summed E-state index contributed by atoms with van der Waals surface area (Å²) >= 11 is 4.41. The van der Waals surface area contributed by atoms with Crippen molar-refractivity contribution in [1.29, 1.82) is 0 Å². The molecule has 0 aromatic heterocycles. The Hall–Kier alpha value is -1.31. The molecule has 0 saturated heterocycles. The fourth-order valence-electron chi connectivity index (χ4n) is 1.72. The van der Waals surface area contributed by atoms with Gasteiger partial charge in [0.1, 0.15) is 0 Å². The standard InChI is InChI=1S/C14H11BrO4S2/c1-21(18,19)13-5-3-2-4-11(13)20-12-8-9(15)6-7-10(12)14(16)17/h2-8H,1H3,(H,16,17). The molecular weight excluding hydrogens is 376 g/mol. The molecule has 0 unspecified atom stereocenters. The monoisotopic (exact) mass is 386 g/mol. The quantitative estimate of drug-likeness (QED) is 0.866. The number of halogens is 1. The summed E-state index contributed by atoms with van der Waals surface area (Å²) in [5.41, 5.74) is 0.131. The highest BCUT2D eigenvalue weighted by Crippen LogP contribution is 2.36. The molecule has 0 aliphatic heterocycles. The minimum atomic E-state index is -3.38. The van der Waals surface area contributed by atoms with E-state index in [0.29, 0.717) is 9.79 Å². The molecule has 4 nitrogen and oxygen atoms in total. The van der Waals surface area contributed by atoms with Gasteiger partial charge < -0.3 is 5.11 Å². The molecule has 110 valence electrons. The third-order valence-electron chi connectivity index (χ3n) is 2.64. The summed E-state index contributed by atoms with van der Waals surface area (Å²) in [5, 5.41) is 9.22. The van der Waals surface area contributed by atoms with Gasteiger partial charge in [0, 0.05) is 20.5 Å². The second-order valence-electron chi connectivity index (χ2n) is 4.27. The number of rotatable bonds is 4. The summed E-state index contributed by atoms with van der Waals surface area (Å²) in [6.07, 6.45) is 1.13. The van der Waals surface area contributed by atoms with E-state index in [0.717, 1.165) is 22.5 Å². The Morgan fingerprint density at radius 1 is 1.14 bits per heavy atom. The second-order valence-corrected chi connectivity index (χ2v) is 8.25. The van der Waals surface area contributed by atoms with Gasteiger partial charge >= 0.3 is 5.97 Å². The highest BCUT2D eigenvalue weighted by Gasteiger charge is 2.17. The van der Waals surface area contributed by atoms with Crippen LogP contribution in [0.1, 0.15) is 10.4 Å². The molecule has 0 heterocycles. The van der Waals surface area contributed by atoms with Gasteiger partial charge in [-0.3, -0.25) is 0 Å². The molecule has 1 N–H and O–H groups in total. The summed E-state index contributed by atoms with van der Waals surface area (Å²) in [6, 6.07) is 11.3. The third-order valence-corrected chi connectivity index (χ3v) is 5.55. The molecule has 0 bridgehead atoms. The van der Waals surface area contributed by atoms with Crippen LogP contribution in [0, 0.1) is 0 Å². The van der Waals surface area contributed by atoms with E-state index in [4.69, 9.17) is 0 Å². The zero-order valence-corrected chi connectivity index (χ0v) is 14.1. The number of benzene rings is 2. The molecule has 0 fully saturated rings. The molecule has 7 heteroatoms. The lowest BCUT2D eigenvalue weighted by molar-refractivity contribution is 0.0693. The maximum atomic E-state index is 11.8. The van der Waals surface area contributed by atoms with Crippen LogP contribution in [0.15, 0.2) is 61.6 Å². The maximum Gasteiger partial charge on any atom is 0.336 e. The Labute approximate surface area is 135 Å². The van der Waals surface area contributed by atoms with E-state index in [1.54, 1.807) is 30.3 Å². The third kappa shape index (κ3) is 3.87. The smallest absolute Gasteiger partial charge is 0.336 e. The van der Waals surface area contributed by atoms with Gasteiger partial charge in [-0.05, 0) is 30.3 Å². The van der Waals surface area contributed by atoms with Gasteiger partial charge in [-0.25, -0.2) is 13.2 Å². The van der Waals surface area contributed by atoms with Crippen LogP contribution in [0.2, 0.25) is 0 Å². The average Bonchev–Trinajstić information content (AvgIpc) is 2.37. The molecule has 0 radical (unpaired) electrons. The van der Waals surface area contributed by atoms with E-state index in [-0.39, 0.29) is 10.5 Å². The van der Waals surface area contributed by atoms with Crippen molar-refractivity contribution in [2.45, 2.75) is 14.7 Å². The Kier molecular flexibility index (Phi) is 4.75. The molecular formula is C14H11BrO4S2. The molecule has 0 spiro atoms. The normalized spacial score (nSPS) is 11.3. The number of aromatic carboxylic acids is 1. The van der Waals surface area contributed by atoms with E-state index in [9.17, 15) is 18.3 Å². The minimum Gasteiger partial charge on any atom is -0.478 e. The van der Waals surface area contributed by atoms with Crippen LogP contribution in [-0.4, -0.2) is 25.7 Å². The first kappa shape index (κ1) is 16.1. The van der Waals surface area contributed by atoms with Crippen molar-refractivity contribution in [1.82, 2.24) is 0 Å². The van der Waals surface area contributed by atoms with E-state index in [1.807, 2.05) is 0 Å². The summed E-state index contributed by atoms with van der Waals surface area (Å²) in [7, 11) is -3.38. The molecule has 2 aromatic carbocycles. The minimum absolute atomic E-state index is 0.131. The Morgan fingerprint density at radius 2 is 1.81 bits per heavy atom. The van der Waals surface area contributed by atoms with Crippen molar-refractivity contribution in [3.05, 3.63) is 52.5 Å². The fourth-order valence-corrected chi connectivity index (χ4v) is 4.57.